The second-order valence-electron chi connectivity index (χ2n) is 12.1. The van der Waals surface area contributed by atoms with Gasteiger partial charge in [-0.15, -0.1) is 0 Å². The zero-order chi connectivity index (χ0) is 30.2. The highest BCUT2D eigenvalue weighted by molar-refractivity contribution is 6.98. The van der Waals surface area contributed by atoms with Crippen molar-refractivity contribution in [1.29, 1.82) is 0 Å². The minimum absolute atomic E-state index is 0.0415. The van der Waals surface area contributed by atoms with E-state index in [1.807, 2.05) is 6.07 Å². The summed E-state index contributed by atoms with van der Waals surface area (Å²) in [6, 6.07) is 55.8. The highest BCUT2D eigenvalue weighted by Gasteiger charge is 2.41. The van der Waals surface area contributed by atoms with Gasteiger partial charge >= 0.3 is 0 Å². The van der Waals surface area contributed by atoms with E-state index in [0.717, 1.165) is 72.8 Å². The van der Waals surface area contributed by atoms with E-state index in [0.29, 0.717) is 0 Å². The molecule has 46 heavy (non-hydrogen) atoms. The average Bonchev–Trinajstić information content (AvgIpc) is 3.46. The summed E-state index contributed by atoms with van der Waals surface area (Å²) in [5.74, 6) is 3.43. The van der Waals surface area contributed by atoms with Gasteiger partial charge in [0.15, 0.2) is 0 Å². The van der Waals surface area contributed by atoms with Crippen LogP contribution in [0.1, 0.15) is 0 Å². The molecular formula is C42H26BNO2. The van der Waals surface area contributed by atoms with Crippen molar-refractivity contribution in [2.75, 3.05) is 0 Å². The molecule has 10 rings (SSSR count). The molecule has 0 bridgehead atoms. The van der Waals surface area contributed by atoms with Gasteiger partial charge in [0.2, 0.25) is 0 Å². The second-order valence-corrected chi connectivity index (χ2v) is 12.1. The third-order valence-corrected chi connectivity index (χ3v) is 9.54. The Hall–Kier alpha value is -6.00. The van der Waals surface area contributed by atoms with Crippen molar-refractivity contribution < 1.29 is 9.47 Å². The van der Waals surface area contributed by atoms with Gasteiger partial charge < -0.3 is 14.0 Å². The summed E-state index contributed by atoms with van der Waals surface area (Å²) in [5, 5.41) is 2.44. The van der Waals surface area contributed by atoms with Gasteiger partial charge in [-0.05, 0) is 69.6 Å². The monoisotopic (exact) mass is 587 g/mol. The first-order valence-corrected chi connectivity index (χ1v) is 15.7. The SMILES string of the molecule is c1ccc(-c2ccc3c(c2)Oc2ccc(-n4c5ccccc5c5ccccc54)c4c2B3c2ccc(-c3ccccc3)cc2O4)cc1. The number of fused-ring (bicyclic) bond motifs is 7. The lowest BCUT2D eigenvalue weighted by molar-refractivity contribution is 0.463. The van der Waals surface area contributed by atoms with E-state index >= 15 is 0 Å². The fraction of sp³-hybridized carbons (Fsp3) is 0. The molecule has 0 atom stereocenters. The van der Waals surface area contributed by atoms with Crippen LogP contribution in [0.2, 0.25) is 0 Å². The van der Waals surface area contributed by atoms with Crippen LogP contribution in [0.5, 0.6) is 23.0 Å². The van der Waals surface area contributed by atoms with Crippen molar-refractivity contribution >= 4 is 44.9 Å². The number of para-hydroxylation sites is 2. The van der Waals surface area contributed by atoms with E-state index in [1.165, 1.54) is 16.3 Å². The summed E-state index contributed by atoms with van der Waals surface area (Å²) in [6.45, 7) is -0.0415. The number of benzene rings is 7. The molecule has 0 saturated carbocycles. The quantitative estimate of drug-likeness (QED) is 0.193. The Labute approximate surface area is 267 Å². The Morgan fingerprint density at radius 3 is 1.52 bits per heavy atom. The van der Waals surface area contributed by atoms with Crippen molar-refractivity contribution in [1.82, 2.24) is 4.57 Å². The molecule has 2 aliphatic heterocycles. The highest BCUT2D eigenvalue weighted by atomic mass is 16.5. The number of aromatic nitrogens is 1. The van der Waals surface area contributed by atoms with E-state index in [9.17, 15) is 0 Å². The van der Waals surface area contributed by atoms with Crippen molar-refractivity contribution in [3.63, 3.8) is 0 Å². The summed E-state index contributed by atoms with van der Waals surface area (Å²) in [6.07, 6.45) is 0. The number of ether oxygens (including phenoxy) is 2. The molecule has 8 aromatic rings. The molecule has 7 aromatic carbocycles. The van der Waals surface area contributed by atoms with Crippen LogP contribution < -0.4 is 25.9 Å². The molecule has 3 heterocycles. The lowest BCUT2D eigenvalue weighted by Crippen LogP contribution is -2.57. The van der Waals surface area contributed by atoms with Crippen molar-refractivity contribution in [2.24, 2.45) is 0 Å². The molecule has 0 N–H and O–H groups in total. The maximum Gasteiger partial charge on any atom is 0.260 e. The van der Waals surface area contributed by atoms with Gasteiger partial charge in [0.25, 0.3) is 6.71 Å². The number of hydrogen-bond donors (Lipinski definition) is 0. The first-order valence-electron chi connectivity index (χ1n) is 15.7. The van der Waals surface area contributed by atoms with Gasteiger partial charge in [-0.1, -0.05) is 121 Å². The van der Waals surface area contributed by atoms with Crippen LogP contribution in [0.4, 0.5) is 0 Å². The molecule has 0 spiro atoms. The molecule has 0 amide bonds. The van der Waals surface area contributed by atoms with Crippen molar-refractivity contribution in [2.45, 2.75) is 0 Å². The van der Waals surface area contributed by atoms with Crippen LogP contribution in [0.3, 0.4) is 0 Å². The average molecular weight is 587 g/mol. The van der Waals surface area contributed by atoms with Crippen LogP contribution in [0.25, 0.3) is 49.7 Å². The van der Waals surface area contributed by atoms with Crippen molar-refractivity contribution in [3.8, 4) is 50.9 Å². The lowest BCUT2D eigenvalue weighted by Gasteiger charge is -2.34. The molecule has 0 aliphatic carbocycles. The van der Waals surface area contributed by atoms with Gasteiger partial charge in [-0.3, -0.25) is 0 Å². The summed E-state index contributed by atoms with van der Waals surface area (Å²) >= 11 is 0. The summed E-state index contributed by atoms with van der Waals surface area (Å²) in [5.41, 5.74) is 11.2. The van der Waals surface area contributed by atoms with Crippen LogP contribution in [0.15, 0.2) is 158 Å². The van der Waals surface area contributed by atoms with E-state index in [2.05, 4.69) is 156 Å². The standard InChI is InChI=1S/C42H26BNO2/c1-3-11-27(12-4-1)29-19-21-33-39(25-29)45-38-24-23-37(44-35-17-9-7-15-31(35)32-16-8-10-18-36(32)44)42-41(38)43(33)34-22-20-30(26-40(34)46-42)28-13-5-2-6-14-28/h1-26H. The maximum atomic E-state index is 7.05. The number of rotatable bonds is 3. The van der Waals surface area contributed by atoms with Crippen molar-refractivity contribution in [3.05, 3.63) is 158 Å². The van der Waals surface area contributed by atoms with E-state index < -0.39 is 0 Å². The largest absolute Gasteiger partial charge is 0.458 e. The van der Waals surface area contributed by atoms with E-state index in [1.54, 1.807) is 0 Å². The Balaban J connectivity index is 1.24. The molecule has 0 saturated heterocycles. The first kappa shape index (κ1) is 25.3. The second kappa shape index (κ2) is 9.75. The number of nitrogens with zero attached hydrogens (tertiary/aromatic N) is 1. The fourth-order valence-electron chi connectivity index (χ4n) is 7.45. The summed E-state index contributed by atoms with van der Waals surface area (Å²) in [7, 11) is 0. The molecule has 2 aliphatic rings. The van der Waals surface area contributed by atoms with E-state index in [-0.39, 0.29) is 6.71 Å². The van der Waals surface area contributed by atoms with Gasteiger partial charge in [0.1, 0.15) is 23.0 Å². The molecule has 0 fully saturated rings. The summed E-state index contributed by atoms with van der Waals surface area (Å²) < 4.78 is 16.1. The summed E-state index contributed by atoms with van der Waals surface area (Å²) in [4.78, 5) is 0. The van der Waals surface area contributed by atoms with Crippen LogP contribution in [0, 0.1) is 0 Å². The zero-order valence-corrected chi connectivity index (χ0v) is 24.9. The predicted molar refractivity (Wildman–Crippen MR) is 189 cm³/mol. The lowest BCUT2D eigenvalue weighted by atomic mass is 9.34. The van der Waals surface area contributed by atoms with Crippen LogP contribution >= 0.6 is 0 Å². The third kappa shape index (κ3) is 3.67. The molecule has 1 aromatic heterocycles. The van der Waals surface area contributed by atoms with Gasteiger partial charge in [0, 0.05) is 16.2 Å². The molecule has 4 heteroatoms. The third-order valence-electron chi connectivity index (χ3n) is 9.54. The Morgan fingerprint density at radius 1 is 0.413 bits per heavy atom. The Bertz CT molecular complexity index is 2420. The zero-order valence-electron chi connectivity index (χ0n) is 24.9. The first-order chi connectivity index (χ1) is 22.8. The Morgan fingerprint density at radius 2 is 0.935 bits per heavy atom. The molecule has 3 nitrogen and oxygen atoms in total. The minimum atomic E-state index is -0.0415. The van der Waals surface area contributed by atoms with Gasteiger partial charge in [-0.25, -0.2) is 0 Å². The molecular weight excluding hydrogens is 561 g/mol. The fourth-order valence-corrected chi connectivity index (χ4v) is 7.45. The smallest absolute Gasteiger partial charge is 0.260 e. The normalized spacial score (nSPS) is 12.7. The molecule has 0 radical (unpaired) electrons. The highest BCUT2D eigenvalue weighted by Crippen LogP contribution is 2.42. The van der Waals surface area contributed by atoms with E-state index in [4.69, 9.17) is 9.47 Å². The topological polar surface area (TPSA) is 23.4 Å². The molecule has 214 valence electrons. The Kier molecular flexibility index (Phi) is 5.37. The molecule has 0 unspecified atom stereocenters. The minimum Gasteiger partial charge on any atom is -0.458 e. The predicted octanol–water partition coefficient (Wildman–Crippen LogP) is 8.85. The van der Waals surface area contributed by atoms with Gasteiger partial charge in [0.05, 0.1) is 16.7 Å². The van der Waals surface area contributed by atoms with Crippen LogP contribution in [-0.2, 0) is 0 Å². The maximum absolute atomic E-state index is 7.05. The van der Waals surface area contributed by atoms with Gasteiger partial charge in [-0.2, -0.15) is 0 Å². The number of hydrogen-bond acceptors (Lipinski definition) is 2. The van der Waals surface area contributed by atoms with Crippen LogP contribution in [-0.4, -0.2) is 11.3 Å².